The fraction of sp³-hybridized carbons (Fsp3) is 0.800. The fourth-order valence-electron chi connectivity index (χ4n) is 2.55. The molecule has 0 fully saturated rings. The lowest BCUT2D eigenvalue weighted by atomic mass is 10.0. The van der Waals surface area contributed by atoms with E-state index in [-0.39, 0.29) is 0 Å². The highest BCUT2D eigenvalue weighted by Gasteiger charge is 2.14. The first-order valence-corrected chi connectivity index (χ1v) is 7.18. The molecular weight excluding hydrogens is 236 g/mol. The Morgan fingerprint density at radius 1 is 1.26 bits per heavy atom. The van der Waals surface area contributed by atoms with Gasteiger partial charge in [0.25, 0.3) is 0 Å². The lowest BCUT2D eigenvalue weighted by Gasteiger charge is -2.24. The second-order valence-electron chi connectivity index (χ2n) is 6.24. The Kier molecular flexibility index (Phi) is 6.01. The summed E-state index contributed by atoms with van der Waals surface area (Å²) in [7, 11) is 6.28. The molecule has 1 heterocycles. The minimum atomic E-state index is 0.536. The van der Waals surface area contributed by atoms with Crippen molar-refractivity contribution in [3.8, 4) is 0 Å². The molecule has 110 valence electrons. The van der Waals surface area contributed by atoms with Crippen molar-refractivity contribution < 1.29 is 0 Å². The largest absolute Gasteiger partial charge is 0.309 e. The first kappa shape index (κ1) is 16.2. The highest BCUT2D eigenvalue weighted by molar-refractivity contribution is 5.24. The Labute approximate surface area is 118 Å². The average Bonchev–Trinajstić information content (AvgIpc) is 2.49. The van der Waals surface area contributed by atoms with Crippen molar-refractivity contribution in [2.24, 2.45) is 13.0 Å². The van der Waals surface area contributed by atoms with Gasteiger partial charge in [-0.3, -0.25) is 4.68 Å². The Hall–Kier alpha value is -0.870. The summed E-state index contributed by atoms with van der Waals surface area (Å²) in [6, 6.07) is 0.536. The quantitative estimate of drug-likeness (QED) is 0.820. The predicted molar refractivity (Wildman–Crippen MR) is 81.3 cm³/mol. The number of hydrogen-bond donors (Lipinski definition) is 1. The first-order chi connectivity index (χ1) is 8.81. The molecule has 0 amide bonds. The van der Waals surface area contributed by atoms with Crippen LogP contribution in [0.3, 0.4) is 0 Å². The standard InChI is InChI=1S/C15H30N4/c1-11(2)8-14(10-18(5)6)16-9-15-12(3)17-19(7)13(15)4/h11,14,16H,8-10H2,1-7H3. The van der Waals surface area contributed by atoms with Gasteiger partial charge in [0.1, 0.15) is 0 Å². The van der Waals surface area contributed by atoms with Crippen LogP contribution in [-0.4, -0.2) is 41.4 Å². The molecule has 0 saturated heterocycles. The molecule has 0 aliphatic carbocycles. The second kappa shape index (κ2) is 7.06. The Balaban J connectivity index is 2.64. The molecule has 0 aliphatic heterocycles. The Morgan fingerprint density at radius 2 is 1.89 bits per heavy atom. The first-order valence-electron chi connectivity index (χ1n) is 7.18. The van der Waals surface area contributed by atoms with E-state index in [2.05, 4.69) is 57.1 Å². The minimum absolute atomic E-state index is 0.536. The van der Waals surface area contributed by atoms with Gasteiger partial charge in [0.05, 0.1) is 5.69 Å². The molecule has 1 rings (SSSR count). The van der Waals surface area contributed by atoms with Gasteiger partial charge in [-0.15, -0.1) is 0 Å². The maximum Gasteiger partial charge on any atom is 0.0641 e. The molecule has 19 heavy (non-hydrogen) atoms. The fourth-order valence-corrected chi connectivity index (χ4v) is 2.55. The van der Waals surface area contributed by atoms with Crippen LogP contribution in [0, 0.1) is 19.8 Å². The van der Waals surface area contributed by atoms with Gasteiger partial charge in [-0.1, -0.05) is 13.8 Å². The van der Waals surface area contributed by atoms with Gasteiger partial charge in [-0.2, -0.15) is 5.10 Å². The zero-order chi connectivity index (χ0) is 14.6. The van der Waals surface area contributed by atoms with Crippen LogP contribution in [0.4, 0.5) is 0 Å². The van der Waals surface area contributed by atoms with Crippen LogP contribution in [0.1, 0.15) is 37.2 Å². The van der Waals surface area contributed by atoms with E-state index in [0.29, 0.717) is 12.0 Å². The van der Waals surface area contributed by atoms with Crippen LogP contribution in [-0.2, 0) is 13.6 Å². The third-order valence-corrected chi connectivity index (χ3v) is 3.57. The van der Waals surface area contributed by atoms with Crippen molar-refractivity contribution in [3.05, 3.63) is 17.0 Å². The maximum absolute atomic E-state index is 4.48. The summed E-state index contributed by atoms with van der Waals surface area (Å²) in [4.78, 5) is 2.25. The number of hydrogen-bond acceptors (Lipinski definition) is 3. The summed E-state index contributed by atoms with van der Waals surface area (Å²) >= 11 is 0. The van der Waals surface area contributed by atoms with Crippen LogP contribution >= 0.6 is 0 Å². The zero-order valence-corrected chi connectivity index (χ0v) is 13.6. The number of nitrogens with one attached hydrogen (secondary N) is 1. The van der Waals surface area contributed by atoms with E-state index < -0.39 is 0 Å². The highest BCUT2D eigenvalue weighted by Crippen LogP contribution is 2.13. The van der Waals surface area contributed by atoms with E-state index in [1.54, 1.807) is 0 Å². The molecule has 0 bridgehead atoms. The molecule has 0 aromatic carbocycles. The van der Waals surface area contributed by atoms with Crippen molar-refractivity contribution in [1.82, 2.24) is 20.0 Å². The van der Waals surface area contributed by atoms with E-state index in [0.717, 1.165) is 18.8 Å². The molecule has 1 atom stereocenters. The van der Waals surface area contributed by atoms with E-state index in [1.165, 1.54) is 17.7 Å². The highest BCUT2D eigenvalue weighted by atomic mass is 15.3. The zero-order valence-electron chi connectivity index (χ0n) is 13.6. The number of likely N-dealkylation sites (N-methyl/N-ethyl adjacent to an activating group) is 1. The lowest BCUT2D eigenvalue weighted by Crippen LogP contribution is -2.39. The van der Waals surface area contributed by atoms with Gasteiger partial charge >= 0.3 is 0 Å². The van der Waals surface area contributed by atoms with Crippen LogP contribution in [0.25, 0.3) is 0 Å². The van der Waals surface area contributed by atoms with Crippen LogP contribution < -0.4 is 5.32 Å². The summed E-state index contributed by atoms with van der Waals surface area (Å²) in [5.74, 6) is 0.716. The Morgan fingerprint density at radius 3 is 2.32 bits per heavy atom. The van der Waals surface area contributed by atoms with Gasteiger partial charge in [-0.05, 0) is 40.3 Å². The number of rotatable bonds is 7. The monoisotopic (exact) mass is 266 g/mol. The normalized spacial score (nSPS) is 13.5. The third kappa shape index (κ3) is 4.96. The van der Waals surface area contributed by atoms with Gasteiger partial charge in [-0.25, -0.2) is 0 Å². The summed E-state index contributed by atoms with van der Waals surface area (Å²) in [5.41, 5.74) is 3.74. The van der Waals surface area contributed by atoms with Gasteiger partial charge < -0.3 is 10.2 Å². The minimum Gasteiger partial charge on any atom is -0.309 e. The molecule has 1 N–H and O–H groups in total. The molecule has 4 heteroatoms. The molecule has 1 unspecified atom stereocenters. The van der Waals surface area contributed by atoms with Crippen molar-refractivity contribution in [2.45, 2.75) is 46.7 Å². The smallest absolute Gasteiger partial charge is 0.0641 e. The molecule has 0 saturated carbocycles. The van der Waals surface area contributed by atoms with Gasteiger partial charge in [0, 0.05) is 37.4 Å². The predicted octanol–water partition coefficient (Wildman–Crippen LogP) is 2.10. The van der Waals surface area contributed by atoms with Gasteiger partial charge in [0.15, 0.2) is 0 Å². The topological polar surface area (TPSA) is 33.1 Å². The van der Waals surface area contributed by atoms with Crippen LogP contribution in [0.2, 0.25) is 0 Å². The van der Waals surface area contributed by atoms with Crippen LogP contribution in [0.5, 0.6) is 0 Å². The van der Waals surface area contributed by atoms with E-state index in [4.69, 9.17) is 0 Å². The summed E-state index contributed by atoms with van der Waals surface area (Å²) in [6.45, 7) is 10.8. The van der Waals surface area contributed by atoms with Crippen molar-refractivity contribution in [3.63, 3.8) is 0 Å². The molecule has 0 aliphatic rings. The maximum atomic E-state index is 4.48. The van der Waals surface area contributed by atoms with E-state index in [9.17, 15) is 0 Å². The average molecular weight is 266 g/mol. The van der Waals surface area contributed by atoms with E-state index >= 15 is 0 Å². The van der Waals surface area contributed by atoms with Gasteiger partial charge in [0.2, 0.25) is 0 Å². The molecule has 1 aromatic heterocycles. The third-order valence-electron chi connectivity index (χ3n) is 3.57. The molecule has 0 radical (unpaired) electrons. The molecule has 0 spiro atoms. The number of aromatic nitrogens is 2. The van der Waals surface area contributed by atoms with Crippen molar-refractivity contribution in [1.29, 1.82) is 0 Å². The number of nitrogens with zero attached hydrogens (tertiary/aromatic N) is 3. The molecule has 1 aromatic rings. The van der Waals surface area contributed by atoms with Crippen molar-refractivity contribution in [2.75, 3.05) is 20.6 Å². The van der Waals surface area contributed by atoms with E-state index in [1.807, 2.05) is 11.7 Å². The summed E-state index contributed by atoms with van der Waals surface area (Å²) in [5, 5.41) is 8.18. The molecular formula is C15H30N4. The number of aryl methyl sites for hydroxylation is 2. The van der Waals surface area contributed by atoms with Crippen LogP contribution in [0.15, 0.2) is 0 Å². The summed E-state index contributed by atoms with van der Waals surface area (Å²) in [6.07, 6.45) is 1.20. The Bertz CT molecular complexity index is 383. The molecule has 4 nitrogen and oxygen atoms in total. The summed E-state index contributed by atoms with van der Waals surface area (Å²) < 4.78 is 1.97. The lowest BCUT2D eigenvalue weighted by molar-refractivity contribution is 0.305. The second-order valence-corrected chi connectivity index (χ2v) is 6.24. The SMILES string of the molecule is Cc1nn(C)c(C)c1CNC(CC(C)C)CN(C)C. The van der Waals surface area contributed by atoms with Crippen molar-refractivity contribution >= 4 is 0 Å².